The average molecular weight is 312 g/mol. The lowest BCUT2D eigenvalue weighted by molar-refractivity contribution is -0.121. The first kappa shape index (κ1) is 15.6. The Morgan fingerprint density at radius 1 is 1.38 bits per heavy atom. The summed E-state index contributed by atoms with van der Waals surface area (Å²) in [6, 6.07) is 2.67. The molecule has 1 saturated carbocycles. The summed E-state index contributed by atoms with van der Waals surface area (Å²) in [4.78, 5) is 11.9. The van der Waals surface area contributed by atoms with Crippen molar-refractivity contribution in [1.29, 1.82) is 0 Å². The summed E-state index contributed by atoms with van der Waals surface area (Å²) in [5, 5.41) is 11.0. The molecule has 1 aromatic rings. The molecule has 1 aliphatic carbocycles. The fraction of sp³-hybridized carbons (Fsp3) is 0.462. The lowest BCUT2D eigenvalue weighted by atomic mass is 10.1. The van der Waals surface area contributed by atoms with E-state index in [-0.39, 0.29) is 22.5 Å². The molecular weight excluding hydrogens is 292 g/mol. The number of nitrogens with two attached hydrogens (primary N) is 2. The van der Waals surface area contributed by atoms with Gasteiger partial charge in [-0.3, -0.25) is 4.79 Å². The summed E-state index contributed by atoms with van der Waals surface area (Å²) in [7, 11) is -3.86. The van der Waals surface area contributed by atoms with Crippen molar-refractivity contribution >= 4 is 27.3 Å². The number of hydrogen-bond acceptors (Lipinski definition) is 5. The van der Waals surface area contributed by atoms with E-state index in [1.807, 2.05) is 0 Å². The molecule has 0 saturated heterocycles. The zero-order valence-electron chi connectivity index (χ0n) is 12.0. The van der Waals surface area contributed by atoms with E-state index >= 15 is 0 Å². The molecule has 7 nitrogen and oxygen atoms in total. The van der Waals surface area contributed by atoms with Crippen LogP contribution in [0.15, 0.2) is 17.0 Å². The van der Waals surface area contributed by atoms with Crippen molar-refractivity contribution in [1.82, 2.24) is 5.32 Å². The van der Waals surface area contributed by atoms with Gasteiger partial charge in [-0.15, -0.1) is 0 Å². The molecule has 0 radical (unpaired) electrons. The Balaban J connectivity index is 2.23. The predicted octanol–water partition coefficient (Wildman–Crippen LogP) is 0.304. The fourth-order valence-corrected chi connectivity index (χ4v) is 2.84. The van der Waals surface area contributed by atoms with Gasteiger partial charge in [0.25, 0.3) is 0 Å². The SMILES string of the molecule is Cc1c(NC(C)C(=O)NC2CC2)cc(N)cc1S(N)(=O)=O. The first-order valence-corrected chi connectivity index (χ1v) is 8.23. The van der Waals surface area contributed by atoms with Gasteiger partial charge in [0.2, 0.25) is 15.9 Å². The first-order valence-electron chi connectivity index (χ1n) is 6.68. The minimum Gasteiger partial charge on any atom is -0.399 e. The van der Waals surface area contributed by atoms with Crippen LogP contribution in [-0.4, -0.2) is 26.4 Å². The molecule has 0 spiro atoms. The summed E-state index contributed by atoms with van der Waals surface area (Å²) in [5.41, 5.74) is 6.90. The van der Waals surface area contributed by atoms with Crippen LogP contribution in [0, 0.1) is 6.92 Å². The van der Waals surface area contributed by atoms with Gasteiger partial charge < -0.3 is 16.4 Å². The molecule has 8 heteroatoms. The van der Waals surface area contributed by atoms with Gasteiger partial charge in [0.1, 0.15) is 6.04 Å². The third-order valence-electron chi connectivity index (χ3n) is 3.38. The van der Waals surface area contributed by atoms with E-state index in [1.165, 1.54) is 6.07 Å². The third kappa shape index (κ3) is 3.85. The van der Waals surface area contributed by atoms with Crippen LogP contribution in [0.25, 0.3) is 0 Å². The van der Waals surface area contributed by atoms with Crippen molar-refractivity contribution in [3.8, 4) is 0 Å². The van der Waals surface area contributed by atoms with Gasteiger partial charge in [-0.2, -0.15) is 0 Å². The number of amides is 1. The number of carbonyl (C=O) groups is 1. The number of carbonyl (C=O) groups excluding carboxylic acids is 1. The van der Waals surface area contributed by atoms with E-state index in [0.29, 0.717) is 11.3 Å². The Morgan fingerprint density at radius 3 is 2.52 bits per heavy atom. The van der Waals surface area contributed by atoms with Crippen molar-refractivity contribution in [2.24, 2.45) is 5.14 Å². The van der Waals surface area contributed by atoms with E-state index in [9.17, 15) is 13.2 Å². The normalized spacial score (nSPS) is 16.3. The summed E-state index contributed by atoms with van der Waals surface area (Å²) in [6.45, 7) is 3.32. The number of nitrogen functional groups attached to an aromatic ring is 1. The highest BCUT2D eigenvalue weighted by molar-refractivity contribution is 7.89. The Kier molecular flexibility index (Phi) is 4.11. The molecule has 1 unspecified atom stereocenters. The number of benzene rings is 1. The van der Waals surface area contributed by atoms with E-state index in [1.54, 1.807) is 19.9 Å². The van der Waals surface area contributed by atoms with Gasteiger partial charge in [0.05, 0.1) is 4.90 Å². The lowest BCUT2D eigenvalue weighted by Crippen LogP contribution is -2.38. The molecule has 0 aliphatic heterocycles. The summed E-state index contributed by atoms with van der Waals surface area (Å²) in [6.07, 6.45) is 2.01. The molecule has 116 valence electrons. The predicted molar refractivity (Wildman–Crippen MR) is 81.2 cm³/mol. The smallest absolute Gasteiger partial charge is 0.242 e. The number of anilines is 2. The molecule has 1 aliphatic rings. The van der Waals surface area contributed by atoms with Crippen molar-refractivity contribution in [3.05, 3.63) is 17.7 Å². The maximum Gasteiger partial charge on any atom is 0.242 e. The number of hydrogen-bond donors (Lipinski definition) is 4. The second-order valence-corrected chi connectivity index (χ2v) is 6.92. The molecule has 6 N–H and O–H groups in total. The van der Waals surface area contributed by atoms with Crippen LogP contribution in [0.5, 0.6) is 0 Å². The Hall–Kier alpha value is -1.80. The van der Waals surface area contributed by atoms with E-state index in [2.05, 4.69) is 10.6 Å². The quantitative estimate of drug-likeness (QED) is 0.582. The molecule has 1 amide bonds. The van der Waals surface area contributed by atoms with Gasteiger partial charge in [-0.1, -0.05) is 0 Å². The van der Waals surface area contributed by atoms with Crippen LogP contribution < -0.4 is 21.5 Å². The van der Waals surface area contributed by atoms with Crippen molar-refractivity contribution < 1.29 is 13.2 Å². The lowest BCUT2D eigenvalue weighted by Gasteiger charge is -2.18. The molecule has 0 bridgehead atoms. The minimum atomic E-state index is -3.86. The van der Waals surface area contributed by atoms with E-state index in [0.717, 1.165) is 12.8 Å². The second-order valence-electron chi connectivity index (χ2n) is 5.39. The van der Waals surface area contributed by atoms with E-state index in [4.69, 9.17) is 10.9 Å². The van der Waals surface area contributed by atoms with Crippen LogP contribution in [0.3, 0.4) is 0 Å². The molecule has 1 atom stereocenters. The molecule has 1 aromatic carbocycles. The zero-order valence-corrected chi connectivity index (χ0v) is 12.8. The maximum absolute atomic E-state index is 11.9. The third-order valence-corrected chi connectivity index (χ3v) is 4.42. The highest BCUT2D eigenvalue weighted by Crippen LogP contribution is 2.27. The first-order chi connectivity index (χ1) is 9.68. The number of nitrogens with one attached hydrogen (secondary N) is 2. The summed E-state index contributed by atoms with van der Waals surface area (Å²) < 4.78 is 23.1. The van der Waals surface area contributed by atoms with Crippen LogP contribution in [0.4, 0.5) is 11.4 Å². The van der Waals surface area contributed by atoms with Crippen LogP contribution in [0.2, 0.25) is 0 Å². The molecule has 21 heavy (non-hydrogen) atoms. The fourth-order valence-electron chi connectivity index (χ4n) is 2.01. The Labute approximate surface area is 124 Å². The van der Waals surface area contributed by atoms with Crippen molar-refractivity contribution in [2.75, 3.05) is 11.1 Å². The topological polar surface area (TPSA) is 127 Å². The average Bonchev–Trinajstić information content (AvgIpc) is 3.15. The van der Waals surface area contributed by atoms with Crippen LogP contribution in [0.1, 0.15) is 25.3 Å². The van der Waals surface area contributed by atoms with Gasteiger partial charge in [0.15, 0.2) is 0 Å². The number of rotatable bonds is 5. The van der Waals surface area contributed by atoms with Crippen molar-refractivity contribution in [3.63, 3.8) is 0 Å². The molecule has 2 rings (SSSR count). The molecule has 0 heterocycles. The van der Waals surface area contributed by atoms with Gasteiger partial charge in [-0.25, -0.2) is 13.6 Å². The van der Waals surface area contributed by atoms with Gasteiger partial charge >= 0.3 is 0 Å². The zero-order chi connectivity index (χ0) is 15.8. The highest BCUT2D eigenvalue weighted by Gasteiger charge is 2.26. The van der Waals surface area contributed by atoms with Crippen molar-refractivity contribution in [2.45, 2.75) is 43.7 Å². The largest absolute Gasteiger partial charge is 0.399 e. The highest BCUT2D eigenvalue weighted by atomic mass is 32.2. The van der Waals surface area contributed by atoms with Crippen LogP contribution in [-0.2, 0) is 14.8 Å². The van der Waals surface area contributed by atoms with Crippen LogP contribution >= 0.6 is 0 Å². The molecule has 1 fully saturated rings. The van der Waals surface area contributed by atoms with Gasteiger partial charge in [0, 0.05) is 17.4 Å². The monoisotopic (exact) mass is 312 g/mol. The number of sulfonamides is 1. The second kappa shape index (κ2) is 5.53. The summed E-state index contributed by atoms with van der Waals surface area (Å²) >= 11 is 0. The number of primary sulfonamides is 1. The van der Waals surface area contributed by atoms with E-state index < -0.39 is 16.1 Å². The molecule has 0 aromatic heterocycles. The maximum atomic E-state index is 11.9. The molecular formula is C13H20N4O3S. The van der Waals surface area contributed by atoms with Gasteiger partial charge in [-0.05, 0) is 44.4 Å². The summed E-state index contributed by atoms with van der Waals surface area (Å²) in [5.74, 6) is -0.128. The Morgan fingerprint density at radius 2 is 2.00 bits per heavy atom. The Bertz CT molecular complexity index is 668. The minimum absolute atomic E-state index is 0.0419. The standard InChI is InChI=1S/C13H20N4O3S/c1-7-11(5-9(14)6-12(7)21(15,19)20)16-8(2)13(18)17-10-3-4-10/h5-6,8,10,16H,3-4,14H2,1-2H3,(H,17,18)(H2,15,19,20).